The van der Waals surface area contributed by atoms with Crippen LogP contribution in [0, 0.1) is 5.82 Å². The molecule has 0 aliphatic rings. The van der Waals surface area contributed by atoms with Crippen LogP contribution in [0.15, 0.2) is 48.5 Å². The Kier molecular flexibility index (Phi) is 5.39. The zero-order chi connectivity index (χ0) is 20.7. The summed E-state index contributed by atoms with van der Waals surface area (Å²) in [5.74, 6) is -1.40. The molecule has 0 atom stereocenters. The smallest absolute Gasteiger partial charge is 0.244 e. The molecule has 0 saturated heterocycles. The standard InChI is InChI=1S/C18H16F4N2O2S2/c1-23(2)28(25,26)24(17-10-13-5-3-4-6-16(13)27-17)11-12-7-8-15(19)14(9-12)18(20,21)22/h3-10H,11H2,1-2H3. The average molecular weight is 432 g/mol. The quantitative estimate of drug-likeness (QED) is 0.540. The molecule has 0 unspecified atom stereocenters. The van der Waals surface area contributed by atoms with Gasteiger partial charge in [-0.2, -0.15) is 25.9 Å². The Bertz CT molecular complexity index is 1080. The van der Waals surface area contributed by atoms with Gasteiger partial charge in [0.2, 0.25) is 0 Å². The van der Waals surface area contributed by atoms with Crippen molar-refractivity contribution in [1.82, 2.24) is 4.31 Å². The van der Waals surface area contributed by atoms with Crippen LogP contribution in [0.2, 0.25) is 0 Å². The molecule has 2 aromatic carbocycles. The maximum atomic E-state index is 13.6. The number of alkyl halides is 3. The van der Waals surface area contributed by atoms with Crippen molar-refractivity contribution >= 4 is 36.6 Å². The van der Waals surface area contributed by atoms with E-state index in [0.29, 0.717) is 17.1 Å². The fraction of sp³-hybridized carbons (Fsp3) is 0.222. The molecule has 0 saturated carbocycles. The van der Waals surface area contributed by atoms with Crippen LogP contribution in [0.5, 0.6) is 0 Å². The Hall–Kier alpha value is -2.17. The lowest BCUT2D eigenvalue weighted by Crippen LogP contribution is -2.39. The highest BCUT2D eigenvalue weighted by Crippen LogP contribution is 2.36. The maximum absolute atomic E-state index is 13.6. The highest BCUT2D eigenvalue weighted by atomic mass is 32.2. The average Bonchev–Trinajstić information content (AvgIpc) is 3.03. The molecule has 0 fully saturated rings. The number of fused-ring (bicyclic) bond motifs is 1. The summed E-state index contributed by atoms with van der Waals surface area (Å²) in [6.07, 6.45) is -4.87. The van der Waals surface area contributed by atoms with Gasteiger partial charge >= 0.3 is 16.4 Å². The molecule has 0 amide bonds. The summed E-state index contributed by atoms with van der Waals surface area (Å²) < 4.78 is 81.1. The molecule has 3 rings (SSSR count). The first kappa shape index (κ1) is 20.6. The van der Waals surface area contributed by atoms with Crippen LogP contribution >= 0.6 is 11.3 Å². The van der Waals surface area contributed by atoms with Crippen LogP contribution in [-0.4, -0.2) is 26.8 Å². The van der Waals surface area contributed by atoms with Gasteiger partial charge in [0.15, 0.2) is 0 Å². The topological polar surface area (TPSA) is 40.6 Å². The molecule has 0 radical (unpaired) electrons. The third-order valence-electron chi connectivity index (χ3n) is 4.06. The Labute approximate surface area is 163 Å². The van der Waals surface area contributed by atoms with Gasteiger partial charge in [-0.3, -0.25) is 0 Å². The van der Waals surface area contributed by atoms with Gasteiger partial charge in [-0.25, -0.2) is 8.70 Å². The van der Waals surface area contributed by atoms with Gasteiger partial charge in [0.05, 0.1) is 12.1 Å². The van der Waals surface area contributed by atoms with E-state index in [-0.39, 0.29) is 12.1 Å². The van der Waals surface area contributed by atoms with Crippen LogP contribution in [-0.2, 0) is 22.9 Å². The van der Waals surface area contributed by atoms with Gasteiger partial charge < -0.3 is 0 Å². The second kappa shape index (κ2) is 7.34. The molecule has 0 aliphatic carbocycles. The molecule has 0 spiro atoms. The predicted octanol–water partition coefficient (Wildman–Crippen LogP) is 4.87. The second-order valence-corrected chi connectivity index (χ2v) is 9.36. The highest BCUT2D eigenvalue weighted by Gasteiger charge is 2.35. The zero-order valence-electron chi connectivity index (χ0n) is 14.9. The van der Waals surface area contributed by atoms with E-state index in [0.717, 1.165) is 24.8 Å². The number of hydrogen-bond acceptors (Lipinski definition) is 3. The fourth-order valence-electron chi connectivity index (χ4n) is 2.61. The predicted molar refractivity (Wildman–Crippen MR) is 102 cm³/mol. The normalized spacial score (nSPS) is 12.7. The number of anilines is 1. The summed E-state index contributed by atoms with van der Waals surface area (Å²) >= 11 is 1.21. The first-order valence-corrected chi connectivity index (χ1v) is 10.3. The van der Waals surface area contributed by atoms with E-state index in [9.17, 15) is 26.0 Å². The number of hydrogen-bond donors (Lipinski definition) is 0. The van der Waals surface area contributed by atoms with E-state index in [1.807, 2.05) is 18.2 Å². The minimum Gasteiger partial charge on any atom is -0.244 e. The van der Waals surface area contributed by atoms with E-state index in [2.05, 4.69) is 0 Å². The van der Waals surface area contributed by atoms with Gasteiger partial charge in [-0.05, 0) is 35.2 Å². The van der Waals surface area contributed by atoms with Crippen molar-refractivity contribution in [2.75, 3.05) is 18.4 Å². The van der Waals surface area contributed by atoms with E-state index in [1.54, 1.807) is 12.1 Å². The van der Waals surface area contributed by atoms with E-state index in [4.69, 9.17) is 0 Å². The maximum Gasteiger partial charge on any atom is 0.419 e. The zero-order valence-corrected chi connectivity index (χ0v) is 16.5. The Morgan fingerprint density at radius 2 is 1.71 bits per heavy atom. The Morgan fingerprint density at radius 3 is 2.32 bits per heavy atom. The molecular weight excluding hydrogens is 416 g/mol. The summed E-state index contributed by atoms with van der Waals surface area (Å²) in [5, 5.41) is 1.17. The molecule has 4 nitrogen and oxygen atoms in total. The minimum atomic E-state index is -4.87. The Morgan fingerprint density at radius 1 is 1.04 bits per heavy atom. The van der Waals surface area contributed by atoms with E-state index in [1.165, 1.54) is 25.4 Å². The van der Waals surface area contributed by atoms with Crippen LogP contribution in [0.3, 0.4) is 0 Å². The van der Waals surface area contributed by atoms with E-state index < -0.39 is 27.8 Å². The fourth-order valence-corrected chi connectivity index (χ4v) is 4.96. The third kappa shape index (κ3) is 3.98. The van der Waals surface area contributed by atoms with Gasteiger partial charge in [0.1, 0.15) is 10.8 Å². The van der Waals surface area contributed by atoms with Crippen molar-refractivity contribution in [1.29, 1.82) is 0 Å². The van der Waals surface area contributed by atoms with Gasteiger partial charge in [-0.15, -0.1) is 11.3 Å². The summed E-state index contributed by atoms with van der Waals surface area (Å²) in [4.78, 5) is 0. The molecule has 1 heterocycles. The first-order valence-electron chi connectivity index (χ1n) is 8.04. The molecule has 0 bridgehead atoms. The van der Waals surface area contributed by atoms with Gasteiger partial charge in [-0.1, -0.05) is 24.3 Å². The van der Waals surface area contributed by atoms with Gasteiger partial charge in [0.25, 0.3) is 0 Å². The molecule has 3 aromatic rings. The molecule has 10 heteroatoms. The SMILES string of the molecule is CN(C)S(=O)(=O)N(Cc1ccc(F)c(C(F)(F)F)c1)c1cc2ccccc2s1. The van der Waals surface area contributed by atoms with Crippen LogP contribution < -0.4 is 4.31 Å². The number of nitrogens with zero attached hydrogens (tertiary/aromatic N) is 2. The summed E-state index contributed by atoms with van der Waals surface area (Å²) in [7, 11) is -1.32. The third-order valence-corrected chi connectivity index (χ3v) is 7.12. The lowest BCUT2D eigenvalue weighted by Gasteiger charge is -2.26. The second-order valence-electron chi connectivity index (χ2n) is 6.23. The first-order chi connectivity index (χ1) is 13.0. The van der Waals surface area contributed by atoms with Crippen molar-refractivity contribution < 1.29 is 26.0 Å². The largest absolute Gasteiger partial charge is 0.419 e. The lowest BCUT2D eigenvalue weighted by molar-refractivity contribution is -0.140. The van der Waals surface area contributed by atoms with E-state index >= 15 is 0 Å². The van der Waals surface area contributed by atoms with Crippen LogP contribution in [0.4, 0.5) is 22.6 Å². The number of rotatable bonds is 5. The summed E-state index contributed by atoms with van der Waals surface area (Å²) in [6.45, 7) is -0.364. The summed E-state index contributed by atoms with van der Waals surface area (Å²) in [6, 6.07) is 11.4. The lowest BCUT2D eigenvalue weighted by atomic mass is 10.1. The van der Waals surface area contributed by atoms with Crippen LogP contribution in [0.25, 0.3) is 10.1 Å². The molecule has 0 N–H and O–H groups in total. The minimum absolute atomic E-state index is 0.0246. The van der Waals surface area contributed by atoms with Crippen molar-refractivity contribution in [3.05, 3.63) is 65.5 Å². The van der Waals surface area contributed by atoms with Crippen molar-refractivity contribution in [2.45, 2.75) is 12.7 Å². The molecule has 1 aromatic heterocycles. The number of halogens is 4. The van der Waals surface area contributed by atoms with Crippen LogP contribution in [0.1, 0.15) is 11.1 Å². The van der Waals surface area contributed by atoms with Crippen molar-refractivity contribution in [3.63, 3.8) is 0 Å². The Balaban J connectivity index is 2.09. The number of thiophene rings is 1. The molecule has 150 valence electrons. The summed E-state index contributed by atoms with van der Waals surface area (Å²) in [5.41, 5.74) is -1.40. The number of benzene rings is 2. The molecule has 0 aliphatic heterocycles. The van der Waals surface area contributed by atoms with Crippen molar-refractivity contribution in [3.8, 4) is 0 Å². The van der Waals surface area contributed by atoms with Gasteiger partial charge in [0, 0.05) is 18.8 Å². The molecular formula is C18H16F4N2O2S2. The highest BCUT2D eigenvalue weighted by molar-refractivity contribution is 7.90. The van der Waals surface area contributed by atoms with Crippen molar-refractivity contribution in [2.24, 2.45) is 0 Å². The monoisotopic (exact) mass is 432 g/mol. The molecule has 28 heavy (non-hydrogen) atoms.